The summed E-state index contributed by atoms with van der Waals surface area (Å²) in [5.41, 5.74) is 7.29. The lowest BCUT2D eigenvalue weighted by atomic mass is 9.89. The molecule has 0 aliphatic heterocycles. The molecule has 4 heteroatoms. The fourth-order valence-corrected chi connectivity index (χ4v) is 2.46. The van der Waals surface area contributed by atoms with E-state index in [4.69, 9.17) is 10.5 Å². The van der Waals surface area contributed by atoms with Crippen molar-refractivity contribution in [1.29, 1.82) is 0 Å². The molecular formula is C14H20N2O2. The lowest BCUT2D eigenvalue weighted by Gasteiger charge is -2.26. The summed E-state index contributed by atoms with van der Waals surface area (Å²) in [5.74, 6) is 0.336. The fourth-order valence-electron chi connectivity index (χ4n) is 2.46. The van der Waals surface area contributed by atoms with E-state index < -0.39 is 0 Å². The van der Waals surface area contributed by atoms with Gasteiger partial charge in [0, 0.05) is 0 Å². The number of nitrogens with zero attached hydrogens (tertiary/aromatic N) is 1. The van der Waals surface area contributed by atoms with Crippen LogP contribution in [0.25, 0.3) is 0 Å². The lowest BCUT2D eigenvalue weighted by Crippen LogP contribution is -2.25. The van der Waals surface area contributed by atoms with Gasteiger partial charge in [0.2, 0.25) is 0 Å². The van der Waals surface area contributed by atoms with E-state index in [0.717, 1.165) is 19.3 Å². The van der Waals surface area contributed by atoms with Crippen molar-refractivity contribution in [3.05, 3.63) is 23.5 Å². The van der Waals surface area contributed by atoms with Gasteiger partial charge in [-0.1, -0.05) is 13.3 Å². The molecule has 98 valence electrons. The number of aryl methyl sites for hydroxylation is 1. The Labute approximate surface area is 108 Å². The predicted molar refractivity (Wildman–Crippen MR) is 70.2 cm³/mol. The molecule has 2 unspecified atom stereocenters. The highest BCUT2D eigenvalue weighted by Gasteiger charge is 2.23. The molecule has 1 aromatic rings. The van der Waals surface area contributed by atoms with Crippen molar-refractivity contribution in [2.45, 2.75) is 45.6 Å². The molecule has 2 N–H and O–H groups in total. The van der Waals surface area contributed by atoms with Crippen LogP contribution in [0.5, 0.6) is 0 Å². The molecule has 2 rings (SSSR count). The minimum atomic E-state index is -0.300. The number of carbonyl (C=O) groups is 1. The number of ether oxygens (including phenoxy) is 1. The molecule has 1 aromatic heterocycles. The summed E-state index contributed by atoms with van der Waals surface area (Å²) in [6.45, 7) is 3.99. The van der Waals surface area contributed by atoms with Crippen LogP contribution in [0.15, 0.2) is 12.3 Å². The van der Waals surface area contributed by atoms with Crippen LogP contribution < -0.4 is 5.73 Å². The third-order valence-corrected chi connectivity index (χ3v) is 3.49. The number of hydrogen-bond acceptors (Lipinski definition) is 4. The minimum absolute atomic E-state index is 0.0436. The van der Waals surface area contributed by atoms with Crippen molar-refractivity contribution in [2.24, 2.45) is 5.92 Å². The number of nitrogen functional groups attached to an aromatic ring is 1. The van der Waals surface area contributed by atoms with Gasteiger partial charge in [-0.3, -0.25) is 4.98 Å². The first kappa shape index (κ1) is 12.9. The number of rotatable bonds is 2. The van der Waals surface area contributed by atoms with E-state index in [1.54, 1.807) is 19.2 Å². The van der Waals surface area contributed by atoms with E-state index in [0.29, 0.717) is 22.9 Å². The van der Waals surface area contributed by atoms with Crippen LogP contribution in [0.2, 0.25) is 0 Å². The second kappa shape index (κ2) is 5.38. The molecular weight excluding hydrogens is 228 g/mol. The molecule has 18 heavy (non-hydrogen) atoms. The summed E-state index contributed by atoms with van der Waals surface area (Å²) in [4.78, 5) is 16.2. The molecule has 1 aliphatic carbocycles. The molecule has 0 spiro atoms. The second-order valence-electron chi connectivity index (χ2n) is 5.20. The van der Waals surface area contributed by atoms with Gasteiger partial charge in [-0.05, 0) is 38.2 Å². The molecule has 4 nitrogen and oxygen atoms in total. The highest BCUT2D eigenvalue weighted by atomic mass is 16.5. The standard InChI is InChI=1S/C14H20N2O2/c1-9-4-3-5-12(6-9)18-14(17)13-7-11(15)8-16-10(13)2/h7-9,12H,3-6,15H2,1-2H3. The number of pyridine rings is 1. The highest BCUT2D eigenvalue weighted by Crippen LogP contribution is 2.26. The Bertz CT molecular complexity index is 445. The molecule has 1 aliphatic rings. The highest BCUT2D eigenvalue weighted by molar-refractivity contribution is 5.91. The smallest absolute Gasteiger partial charge is 0.340 e. The normalized spacial score (nSPS) is 23.7. The Morgan fingerprint density at radius 1 is 1.50 bits per heavy atom. The molecule has 1 saturated carbocycles. The quantitative estimate of drug-likeness (QED) is 0.817. The average molecular weight is 248 g/mol. The van der Waals surface area contributed by atoms with Crippen LogP contribution in [0.3, 0.4) is 0 Å². The molecule has 0 radical (unpaired) electrons. The molecule has 1 fully saturated rings. The van der Waals surface area contributed by atoms with Crippen LogP contribution in [0, 0.1) is 12.8 Å². The third kappa shape index (κ3) is 3.00. The number of anilines is 1. The average Bonchev–Trinajstić information content (AvgIpc) is 2.32. The van der Waals surface area contributed by atoms with Crippen molar-refractivity contribution >= 4 is 11.7 Å². The van der Waals surface area contributed by atoms with Gasteiger partial charge in [-0.2, -0.15) is 0 Å². The Kier molecular flexibility index (Phi) is 3.84. The van der Waals surface area contributed by atoms with Gasteiger partial charge >= 0.3 is 5.97 Å². The Morgan fingerprint density at radius 2 is 2.28 bits per heavy atom. The summed E-state index contributed by atoms with van der Waals surface area (Å²) >= 11 is 0. The Hall–Kier alpha value is -1.58. The number of nitrogens with two attached hydrogens (primary N) is 1. The van der Waals surface area contributed by atoms with Crippen molar-refractivity contribution in [3.8, 4) is 0 Å². The minimum Gasteiger partial charge on any atom is -0.459 e. The van der Waals surface area contributed by atoms with Crippen LogP contribution in [-0.4, -0.2) is 17.1 Å². The first-order valence-corrected chi connectivity index (χ1v) is 6.49. The summed E-state index contributed by atoms with van der Waals surface area (Å²) in [5, 5.41) is 0. The van der Waals surface area contributed by atoms with Gasteiger partial charge in [0.15, 0.2) is 0 Å². The molecule has 0 amide bonds. The van der Waals surface area contributed by atoms with E-state index in [1.165, 1.54) is 6.42 Å². The van der Waals surface area contributed by atoms with Gasteiger partial charge in [-0.25, -0.2) is 4.79 Å². The molecule has 1 heterocycles. The van der Waals surface area contributed by atoms with Gasteiger partial charge in [0.25, 0.3) is 0 Å². The van der Waals surface area contributed by atoms with Gasteiger partial charge in [0.05, 0.1) is 23.1 Å². The van der Waals surface area contributed by atoms with Gasteiger partial charge in [0.1, 0.15) is 6.10 Å². The SMILES string of the molecule is Cc1ncc(N)cc1C(=O)OC1CCCC(C)C1. The van der Waals surface area contributed by atoms with E-state index in [9.17, 15) is 4.79 Å². The van der Waals surface area contributed by atoms with Crippen LogP contribution in [0.1, 0.15) is 48.7 Å². The Morgan fingerprint density at radius 3 is 3.00 bits per heavy atom. The first-order chi connectivity index (χ1) is 8.56. The van der Waals surface area contributed by atoms with E-state index in [1.807, 2.05) is 0 Å². The van der Waals surface area contributed by atoms with Crippen molar-refractivity contribution in [1.82, 2.24) is 4.98 Å². The van der Waals surface area contributed by atoms with Crippen LogP contribution in [-0.2, 0) is 4.74 Å². The lowest BCUT2D eigenvalue weighted by molar-refractivity contribution is 0.0154. The maximum Gasteiger partial charge on any atom is 0.340 e. The predicted octanol–water partition coefficient (Wildman–Crippen LogP) is 2.71. The van der Waals surface area contributed by atoms with Gasteiger partial charge < -0.3 is 10.5 Å². The van der Waals surface area contributed by atoms with Crippen molar-refractivity contribution in [3.63, 3.8) is 0 Å². The largest absolute Gasteiger partial charge is 0.459 e. The maximum atomic E-state index is 12.1. The molecule has 2 atom stereocenters. The third-order valence-electron chi connectivity index (χ3n) is 3.49. The second-order valence-corrected chi connectivity index (χ2v) is 5.20. The number of carbonyl (C=O) groups excluding carboxylic acids is 1. The number of aromatic nitrogens is 1. The molecule has 0 aromatic carbocycles. The first-order valence-electron chi connectivity index (χ1n) is 6.49. The fraction of sp³-hybridized carbons (Fsp3) is 0.571. The van der Waals surface area contributed by atoms with Crippen molar-refractivity contribution < 1.29 is 9.53 Å². The van der Waals surface area contributed by atoms with Gasteiger partial charge in [-0.15, -0.1) is 0 Å². The molecule has 0 saturated heterocycles. The zero-order chi connectivity index (χ0) is 13.1. The van der Waals surface area contributed by atoms with E-state index >= 15 is 0 Å². The Balaban J connectivity index is 2.05. The van der Waals surface area contributed by atoms with E-state index in [2.05, 4.69) is 11.9 Å². The van der Waals surface area contributed by atoms with Crippen molar-refractivity contribution in [2.75, 3.05) is 5.73 Å². The summed E-state index contributed by atoms with van der Waals surface area (Å²) in [6, 6.07) is 1.64. The van der Waals surface area contributed by atoms with E-state index in [-0.39, 0.29) is 12.1 Å². The summed E-state index contributed by atoms with van der Waals surface area (Å²) in [6.07, 6.45) is 5.88. The van der Waals surface area contributed by atoms with Crippen LogP contribution >= 0.6 is 0 Å². The maximum absolute atomic E-state index is 12.1. The molecule has 0 bridgehead atoms. The number of esters is 1. The summed E-state index contributed by atoms with van der Waals surface area (Å²) in [7, 11) is 0. The monoisotopic (exact) mass is 248 g/mol. The van der Waals surface area contributed by atoms with Crippen LogP contribution in [0.4, 0.5) is 5.69 Å². The topological polar surface area (TPSA) is 65.2 Å². The summed E-state index contributed by atoms with van der Waals surface area (Å²) < 4.78 is 5.55. The number of hydrogen-bond donors (Lipinski definition) is 1. The zero-order valence-corrected chi connectivity index (χ0v) is 11.0. The zero-order valence-electron chi connectivity index (χ0n) is 11.0.